The van der Waals surface area contributed by atoms with Crippen molar-refractivity contribution in [2.75, 3.05) is 18.4 Å². The number of rotatable bonds is 4. The van der Waals surface area contributed by atoms with Crippen molar-refractivity contribution in [3.05, 3.63) is 53.3 Å². The van der Waals surface area contributed by atoms with Crippen molar-refractivity contribution >= 4 is 17.3 Å². The van der Waals surface area contributed by atoms with Crippen LogP contribution in [0.1, 0.15) is 48.3 Å². The topological polar surface area (TPSA) is 45.2 Å². The van der Waals surface area contributed by atoms with Crippen LogP contribution in [0.3, 0.4) is 0 Å². The third kappa shape index (κ3) is 4.01. The summed E-state index contributed by atoms with van der Waals surface area (Å²) in [5.41, 5.74) is 5.03. The molecule has 1 N–H and O–H groups in total. The van der Waals surface area contributed by atoms with Gasteiger partial charge in [-0.15, -0.1) is 0 Å². The lowest BCUT2D eigenvalue weighted by Gasteiger charge is -2.30. The number of piperidine rings is 1. The van der Waals surface area contributed by atoms with Crippen molar-refractivity contribution < 1.29 is 4.79 Å². The average Bonchev–Trinajstić information content (AvgIpc) is 2.63. The number of hydrogen-bond acceptors (Lipinski definition) is 3. The van der Waals surface area contributed by atoms with E-state index in [1.54, 1.807) is 6.20 Å². The van der Waals surface area contributed by atoms with Crippen LogP contribution in [0, 0.1) is 12.8 Å². The van der Waals surface area contributed by atoms with Crippen LogP contribution in [-0.4, -0.2) is 28.9 Å². The molecular weight excluding hydrogens is 310 g/mol. The summed E-state index contributed by atoms with van der Waals surface area (Å²) < 4.78 is 0. The first-order valence-electron chi connectivity index (χ1n) is 9.19. The molecule has 1 unspecified atom stereocenters. The molecule has 4 heteroatoms. The predicted molar refractivity (Wildman–Crippen MR) is 102 cm³/mol. The fourth-order valence-electron chi connectivity index (χ4n) is 3.51. The lowest BCUT2D eigenvalue weighted by Crippen LogP contribution is -2.39. The molecule has 1 amide bonds. The van der Waals surface area contributed by atoms with Gasteiger partial charge >= 0.3 is 0 Å². The van der Waals surface area contributed by atoms with E-state index >= 15 is 0 Å². The second-order valence-electron chi connectivity index (χ2n) is 7.02. The van der Waals surface area contributed by atoms with E-state index < -0.39 is 0 Å². The van der Waals surface area contributed by atoms with E-state index in [1.807, 2.05) is 17.0 Å². The number of nitrogens with zero attached hydrogens (tertiary/aromatic N) is 2. The van der Waals surface area contributed by atoms with Gasteiger partial charge in [0.2, 0.25) is 0 Å². The van der Waals surface area contributed by atoms with E-state index in [-0.39, 0.29) is 5.91 Å². The number of hydrogen-bond donors (Lipinski definition) is 1. The average molecular weight is 337 g/mol. The monoisotopic (exact) mass is 337 g/mol. The van der Waals surface area contributed by atoms with Gasteiger partial charge in [-0.25, -0.2) is 0 Å². The summed E-state index contributed by atoms with van der Waals surface area (Å²) in [6, 6.07) is 10.1. The molecule has 4 nitrogen and oxygen atoms in total. The molecule has 2 heterocycles. The molecule has 3 rings (SSSR count). The molecular formula is C21H27N3O. The van der Waals surface area contributed by atoms with Crippen molar-refractivity contribution in [1.29, 1.82) is 0 Å². The molecule has 0 radical (unpaired) electrons. The number of benzene rings is 1. The number of amides is 1. The van der Waals surface area contributed by atoms with E-state index in [9.17, 15) is 4.79 Å². The first-order chi connectivity index (χ1) is 12.1. The standard InChI is InChI=1S/C21H27N3O/c1-4-17-9-5-8-16(3)20(17)23-18-10-11-22-19(13-18)21(25)24-12-6-7-15(2)14-24/h5,8-11,13,15H,4,6-7,12,14H2,1-3H3,(H,22,23). The fourth-order valence-corrected chi connectivity index (χ4v) is 3.51. The number of likely N-dealkylation sites (tertiary alicyclic amines) is 1. The lowest BCUT2D eigenvalue weighted by molar-refractivity contribution is 0.0677. The maximum absolute atomic E-state index is 12.8. The number of aromatic nitrogens is 1. The molecule has 1 aliphatic rings. The van der Waals surface area contributed by atoms with Gasteiger partial charge in [-0.05, 0) is 55.4 Å². The van der Waals surface area contributed by atoms with Gasteiger partial charge in [-0.2, -0.15) is 0 Å². The van der Waals surface area contributed by atoms with E-state index in [0.29, 0.717) is 11.6 Å². The van der Waals surface area contributed by atoms with E-state index in [1.165, 1.54) is 17.5 Å². The highest BCUT2D eigenvalue weighted by Gasteiger charge is 2.23. The lowest BCUT2D eigenvalue weighted by atomic mass is 10.00. The second kappa shape index (κ2) is 7.68. The van der Waals surface area contributed by atoms with Gasteiger partial charge in [-0.1, -0.05) is 32.0 Å². The minimum absolute atomic E-state index is 0.0377. The van der Waals surface area contributed by atoms with E-state index in [4.69, 9.17) is 0 Å². The zero-order valence-electron chi connectivity index (χ0n) is 15.4. The highest BCUT2D eigenvalue weighted by atomic mass is 16.2. The Balaban J connectivity index is 1.81. The number of carbonyl (C=O) groups excluding carboxylic acids is 1. The Morgan fingerprint density at radius 2 is 2.20 bits per heavy atom. The van der Waals surface area contributed by atoms with Crippen LogP contribution in [0.2, 0.25) is 0 Å². The zero-order valence-corrected chi connectivity index (χ0v) is 15.4. The highest BCUT2D eigenvalue weighted by Crippen LogP contribution is 2.26. The van der Waals surface area contributed by atoms with E-state index in [2.05, 4.69) is 49.3 Å². The predicted octanol–water partition coefficient (Wildman–Crippen LogP) is 4.57. The molecule has 132 valence electrons. The van der Waals surface area contributed by atoms with Crippen LogP contribution in [0.25, 0.3) is 0 Å². The molecule has 1 aliphatic heterocycles. The fraction of sp³-hybridized carbons (Fsp3) is 0.429. The van der Waals surface area contributed by atoms with Gasteiger partial charge in [0, 0.05) is 30.7 Å². The Morgan fingerprint density at radius 3 is 2.96 bits per heavy atom. The van der Waals surface area contributed by atoms with Crippen LogP contribution in [0.4, 0.5) is 11.4 Å². The minimum atomic E-state index is 0.0377. The van der Waals surface area contributed by atoms with Crippen molar-refractivity contribution in [2.24, 2.45) is 5.92 Å². The Labute approximate surface area is 150 Å². The summed E-state index contributed by atoms with van der Waals surface area (Å²) >= 11 is 0. The Bertz CT molecular complexity index is 757. The maximum Gasteiger partial charge on any atom is 0.272 e. The van der Waals surface area contributed by atoms with Crippen LogP contribution in [-0.2, 0) is 6.42 Å². The smallest absolute Gasteiger partial charge is 0.272 e. The summed E-state index contributed by atoms with van der Waals surface area (Å²) in [5, 5.41) is 3.49. The molecule has 1 fully saturated rings. The molecule has 0 bridgehead atoms. The van der Waals surface area contributed by atoms with Gasteiger partial charge in [0.25, 0.3) is 5.91 Å². The van der Waals surface area contributed by atoms with Crippen LogP contribution < -0.4 is 5.32 Å². The van der Waals surface area contributed by atoms with Crippen LogP contribution in [0.15, 0.2) is 36.5 Å². The second-order valence-corrected chi connectivity index (χ2v) is 7.02. The van der Waals surface area contributed by atoms with Gasteiger partial charge < -0.3 is 10.2 Å². The van der Waals surface area contributed by atoms with Crippen molar-refractivity contribution in [2.45, 2.75) is 40.0 Å². The summed E-state index contributed by atoms with van der Waals surface area (Å²) in [6.07, 6.45) is 4.96. The summed E-state index contributed by atoms with van der Waals surface area (Å²) in [7, 11) is 0. The number of nitrogens with one attached hydrogen (secondary N) is 1. The number of carbonyl (C=O) groups is 1. The quantitative estimate of drug-likeness (QED) is 0.889. The van der Waals surface area contributed by atoms with E-state index in [0.717, 1.165) is 37.3 Å². The summed E-state index contributed by atoms with van der Waals surface area (Å²) in [5.74, 6) is 0.605. The van der Waals surface area contributed by atoms with Gasteiger partial charge in [0.1, 0.15) is 5.69 Å². The van der Waals surface area contributed by atoms with Crippen molar-refractivity contribution in [3.8, 4) is 0 Å². The largest absolute Gasteiger partial charge is 0.355 e. The zero-order chi connectivity index (χ0) is 17.8. The van der Waals surface area contributed by atoms with Crippen molar-refractivity contribution in [3.63, 3.8) is 0 Å². The molecule has 2 aromatic rings. The molecule has 0 aliphatic carbocycles. The number of pyridine rings is 1. The minimum Gasteiger partial charge on any atom is -0.355 e. The SMILES string of the molecule is CCc1cccc(C)c1Nc1ccnc(C(=O)N2CCCC(C)C2)c1. The molecule has 1 atom stereocenters. The van der Waals surface area contributed by atoms with Crippen LogP contribution in [0.5, 0.6) is 0 Å². The Hall–Kier alpha value is -2.36. The maximum atomic E-state index is 12.8. The number of aryl methyl sites for hydroxylation is 2. The Morgan fingerprint density at radius 1 is 1.36 bits per heavy atom. The number of anilines is 2. The van der Waals surface area contributed by atoms with Crippen LogP contribution >= 0.6 is 0 Å². The first-order valence-corrected chi connectivity index (χ1v) is 9.19. The highest BCUT2D eigenvalue weighted by molar-refractivity contribution is 5.93. The van der Waals surface area contributed by atoms with Crippen molar-refractivity contribution in [1.82, 2.24) is 9.88 Å². The first kappa shape index (κ1) is 17.5. The van der Waals surface area contributed by atoms with Gasteiger partial charge in [0.05, 0.1) is 0 Å². The molecule has 0 saturated carbocycles. The molecule has 25 heavy (non-hydrogen) atoms. The Kier molecular flexibility index (Phi) is 5.37. The number of para-hydroxylation sites is 1. The molecule has 1 aromatic heterocycles. The third-order valence-corrected chi connectivity index (χ3v) is 4.93. The molecule has 0 spiro atoms. The van der Waals surface area contributed by atoms with Gasteiger partial charge in [-0.3, -0.25) is 9.78 Å². The van der Waals surface area contributed by atoms with Gasteiger partial charge in [0.15, 0.2) is 0 Å². The normalized spacial score (nSPS) is 17.4. The molecule has 1 saturated heterocycles. The summed E-state index contributed by atoms with van der Waals surface area (Å²) in [4.78, 5) is 19.0. The summed E-state index contributed by atoms with van der Waals surface area (Å²) in [6.45, 7) is 8.12. The third-order valence-electron chi connectivity index (χ3n) is 4.93. The molecule has 1 aromatic carbocycles.